The number of halogens is 1. The van der Waals surface area contributed by atoms with E-state index in [4.69, 9.17) is 16.6 Å². The lowest BCUT2D eigenvalue weighted by atomic mass is 9.79. The van der Waals surface area contributed by atoms with Crippen molar-refractivity contribution in [2.45, 2.75) is 76.7 Å². The van der Waals surface area contributed by atoms with Crippen LogP contribution in [0.3, 0.4) is 0 Å². The average Bonchev–Trinajstić information content (AvgIpc) is 3.54. The van der Waals surface area contributed by atoms with Gasteiger partial charge in [-0.3, -0.25) is 14.4 Å². The molecule has 1 atom stereocenters. The first-order valence-electron chi connectivity index (χ1n) is 19.5. The normalized spacial score (nSPS) is 16.5. The third kappa shape index (κ3) is 10.0. The average molecular weight is 852 g/mol. The highest BCUT2D eigenvalue weighted by Crippen LogP contribution is 2.51. The molecule has 306 valence electrons. The summed E-state index contributed by atoms with van der Waals surface area (Å²) in [6, 6.07) is 24.4. The molecule has 2 heterocycles. The van der Waals surface area contributed by atoms with Crippen LogP contribution < -0.4 is 33.3 Å². The third-order valence-electron chi connectivity index (χ3n) is 10.8. The Labute approximate surface area is 351 Å². The van der Waals surface area contributed by atoms with Gasteiger partial charge in [-0.25, -0.2) is 0 Å². The second kappa shape index (κ2) is 19.9. The Morgan fingerprint density at radius 2 is 1.33 bits per heavy atom. The van der Waals surface area contributed by atoms with E-state index in [2.05, 4.69) is 110 Å². The first-order chi connectivity index (χ1) is 27.2. The summed E-state index contributed by atoms with van der Waals surface area (Å²) in [6.45, 7) is 10.2. The number of allylic oxidation sites excluding steroid dienone is 8. The highest BCUT2D eigenvalue weighted by Gasteiger charge is 2.45. The zero-order valence-corrected chi connectivity index (χ0v) is 35.3. The van der Waals surface area contributed by atoms with E-state index < -0.39 is 23.9 Å². The van der Waals surface area contributed by atoms with E-state index in [1.54, 1.807) is 0 Å². The van der Waals surface area contributed by atoms with Gasteiger partial charge in [0.25, 0.3) is 0 Å². The second-order valence-electron chi connectivity index (χ2n) is 15.5. The number of hydrogen-bond donors (Lipinski definition) is 5. The first-order valence-corrected chi connectivity index (χ1v) is 19.5. The molecule has 0 fully saturated rings. The number of fused-ring (bicyclic) bond motifs is 6. The van der Waals surface area contributed by atoms with E-state index >= 15 is 0 Å². The second-order valence-corrected chi connectivity index (χ2v) is 15.5. The lowest BCUT2D eigenvalue weighted by molar-refractivity contribution is -0.436. The van der Waals surface area contributed by atoms with E-state index in [1.807, 2.05) is 42.5 Å². The largest absolute Gasteiger partial charge is 1.00 e. The molecule has 2 aliphatic heterocycles. The predicted molar refractivity (Wildman–Crippen MR) is 230 cm³/mol. The maximum atomic E-state index is 11.5. The van der Waals surface area contributed by atoms with Crippen LogP contribution in [0.25, 0.3) is 21.5 Å². The minimum atomic E-state index is -0.933. The zero-order chi connectivity index (χ0) is 41.3. The third-order valence-corrected chi connectivity index (χ3v) is 10.8. The highest BCUT2D eigenvalue weighted by atomic mass is 79.9. The van der Waals surface area contributed by atoms with Gasteiger partial charge in [0, 0.05) is 41.1 Å². The quantitative estimate of drug-likeness (QED) is 0.0614. The van der Waals surface area contributed by atoms with Gasteiger partial charge in [0.1, 0.15) is 12.5 Å². The zero-order valence-electron chi connectivity index (χ0n) is 33.7. The molecule has 0 saturated heterocycles. The molecule has 0 saturated carbocycles. The Morgan fingerprint density at radius 1 is 0.741 bits per heavy atom. The number of anilines is 1. The van der Waals surface area contributed by atoms with E-state index in [9.17, 15) is 24.6 Å². The summed E-state index contributed by atoms with van der Waals surface area (Å²) in [6.07, 6.45) is 16.4. The number of nitrogens with zero attached hydrogens (tertiary/aromatic N) is 2. The molecule has 0 radical (unpaired) electrons. The van der Waals surface area contributed by atoms with Crippen LogP contribution in [0.1, 0.15) is 70.9 Å². The van der Waals surface area contributed by atoms with Crippen molar-refractivity contribution in [3.05, 3.63) is 132 Å². The summed E-state index contributed by atoms with van der Waals surface area (Å²) in [4.78, 5) is 35.4. The summed E-state index contributed by atoms with van der Waals surface area (Å²) in [7, 11) is 0. The fraction of sp³-hybridized carbons (Fsp3) is 0.319. The van der Waals surface area contributed by atoms with Crippen LogP contribution in [0.2, 0.25) is 0 Å². The molecule has 0 unspecified atom stereocenters. The lowest BCUT2D eigenvalue weighted by Crippen LogP contribution is -3.00. The molecule has 6 rings (SSSR count). The summed E-state index contributed by atoms with van der Waals surface area (Å²) in [5.74, 6) is -2.57. The number of carboxylic acid groups (broad SMARTS) is 3. The molecule has 0 aromatic heterocycles. The van der Waals surface area contributed by atoms with E-state index in [-0.39, 0.29) is 40.7 Å². The lowest BCUT2D eigenvalue weighted by Gasteiger charge is -2.26. The van der Waals surface area contributed by atoms with Crippen LogP contribution in [0.5, 0.6) is 0 Å². The molecule has 2 aliphatic rings. The number of benzene rings is 4. The van der Waals surface area contributed by atoms with E-state index in [0.717, 1.165) is 35.6 Å². The maximum Gasteiger partial charge on any atom is 0.320 e. The van der Waals surface area contributed by atoms with Gasteiger partial charge in [-0.15, -0.1) is 0 Å². The van der Waals surface area contributed by atoms with Crippen molar-refractivity contribution in [1.82, 2.24) is 0 Å². The van der Waals surface area contributed by atoms with Crippen LogP contribution >= 0.6 is 0 Å². The number of unbranched alkanes of at least 4 members (excludes halogenated alkanes) is 1. The van der Waals surface area contributed by atoms with Crippen molar-refractivity contribution in [2.75, 3.05) is 24.5 Å². The minimum absolute atomic E-state index is 0. The molecule has 4 aromatic rings. The van der Waals surface area contributed by atoms with Crippen molar-refractivity contribution >= 4 is 56.5 Å². The topological polar surface area (TPSA) is 170 Å². The molecule has 7 N–H and O–H groups in total. The molecule has 0 spiro atoms. The number of rotatable bonds is 15. The van der Waals surface area contributed by atoms with Crippen LogP contribution in [-0.2, 0) is 25.2 Å². The van der Waals surface area contributed by atoms with Crippen molar-refractivity contribution < 1.29 is 51.3 Å². The van der Waals surface area contributed by atoms with Gasteiger partial charge in [-0.2, -0.15) is 4.58 Å². The highest BCUT2D eigenvalue weighted by molar-refractivity contribution is 6.07. The number of hydrogen-bond acceptors (Lipinski definition) is 6. The fourth-order valence-corrected chi connectivity index (χ4v) is 8.09. The Morgan fingerprint density at radius 3 is 1.95 bits per heavy atom. The van der Waals surface area contributed by atoms with E-state index in [1.165, 1.54) is 32.7 Å². The van der Waals surface area contributed by atoms with Crippen molar-refractivity contribution in [3.8, 4) is 0 Å². The molecule has 0 aliphatic carbocycles. The first kappa shape index (κ1) is 45.3. The number of carboxylic acids is 3. The standard InChI is InChI=1S/C41H40N2O4.C6H14N2O2.BrH/c1-40(2)34(42(26-24-36(44)45)32-22-20-28-14-10-12-16-30(28)38(32)40)18-8-6-5-7-9-19-35-41(3,4)39-31-17-13-11-15-29(31)21-23-33(39)43(35)27-25-37(46)47;7-4-2-1-3-5(8)6(9)10;/h5-23H,24-27H2,1-4H3,(H-,44,45,46,47);5H,1-4,7-8H2,(H,9,10);1H/t;5-;/m.0./s1. The Balaban J connectivity index is 0.000000600. The monoisotopic (exact) mass is 850 g/mol. The van der Waals surface area contributed by atoms with E-state index in [0.29, 0.717) is 26.1 Å². The predicted octanol–water partition coefficient (Wildman–Crippen LogP) is 5.20. The van der Waals surface area contributed by atoms with Gasteiger partial charge >= 0.3 is 17.9 Å². The number of carbonyl (C=O) groups is 3. The van der Waals surface area contributed by atoms with Gasteiger partial charge in [-0.05, 0) is 78.6 Å². The van der Waals surface area contributed by atoms with Crippen molar-refractivity contribution in [2.24, 2.45) is 11.5 Å². The molecular weight excluding hydrogens is 796 g/mol. The Bertz CT molecular complexity index is 2310. The maximum absolute atomic E-state index is 11.5. The molecular formula is C47H55BrN4O6. The van der Waals surface area contributed by atoms with Crippen molar-refractivity contribution in [1.29, 1.82) is 0 Å². The Hall–Kier alpha value is -5.36. The van der Waals surface area contributed by atoms with Crippen LogP contribution in [0.4, 0.5) is 11.4 Å². The van der Waals surface area contributed by atoms with Gasteiger partial charge in [0.15, 0.2) is 12.3 Å². The fourth-order valence-electron chi connectivity index (χ4n) is 8.09. The SMILES string of the molecule is CC1(C)C(/C=C/C=C/C=C/C=C2/N(CCC(=O)O)c3ccc4ccccc4c3C2(C)C)=[N+](CCC(=O)O)c2ccc3ccccc3c21.NCCCC[C@H](N)C(=O)O.[Br-]. The van der Waals surface area contributed by atoms with Crippen LogP contribution in [0, 0.1) is 0 Å². The van der Waals surface area contributed by atoms with Gasteiger partial charge in [0.05, 0.1) is 11.8 Å². The molecule has 11 heteroatoms. The summed E-state index contributed by atoms with van der Waals surface area (Å²) < 4.78 is 2.15. The molecule has 10 nitrogen and oxygen atoms in total. The number of nitrogens with two attached hydrogens (primary N) is 2. The van der Waals surface area contributed by atoms with Crippen LogP contribution in [-0.4, -0.2) is 69.2 Å². The van der Waals surface area contributed by atoms with Gasteiger partial charge in [-0.1, -0.05) is 105 Å². The Kier molecular flexibility index (Phi) is 15.5. The number of aliphatic carboxylic acids is 3. The minimum Gasteiger partial charge on any atom is -1.00 e. The van der Waals surface area contributed by atoms with Gasteiger partial charge in [0.2, 0.25) is 5.69 Å². The van der Waals surface area contributed by atoms with Crippen LogP contribution in [0.15, 0.2) is 121 Å². The molecule has 58 heavy (non-hydrogen) atoms. The van der Waals surface area contributed by atoms with Crippen molar-refractivity contribution in [3.63, 3.8) is 0 Å². The molecule has 0 bridgehead atoms. The molecule has 0 amide bonds. The summed E-state index contributed by atoms with van der Waals surface area (Å²) >= 11 is 0. The smallest absolute Gasteiger partial charge is 0.320 e. The summed E-state index contributed by atoms with van der Waals surface area (Å²) in [5, 5.41) is 32.0. The molecule has 4 aromatic carbocycles. The van der Waals surface area contributed by atoms with Gasteiger partial charge < -0.3 is 48.7 Å². The summed E-state index contributed by atoms with van der Waals surface area (Å²) in [5.41, 5.74) is 16.5.